The van der Waals surface area contributed by atoms with E-state index in [1.165, 1.54) is 11.0 Å². The molecule has 0 aromatic heterocycles. The first-order chi connectivity index (χ1) is 18.4. The number of halogens is 2. The molecular formula is C29H33Cl2N3O4S. The first kappa shape index (κ1) is 30.5. The molecule has 0 saturated carbocycles. The van der Waals surface area contributed by atoms with E-state index < -0.39 is 28.5 Å². The number of anilines is 1. The Morgan fingerprint density at radius 3 is 2.21 bits per heavy atom. The standard InChI is InChI=1S/C29H33Cl2N3O4S/c1-20(2)32-29(36)27(16-22-10-6-5-7-11-22)33(18-23-12-8-9-13-25(23)31)28(35)19-34(39(4,37)38)26-17-24(30)15-14-21(26)3/h5-15,17,20,27H,16,18-19H2,1-4H3,(H,32,36). The normalized spacial score (nSPS) is 12.2. The second-order valence-electron chi connectivity index (χ2n) is 9.68. The van der Waals surface area contributed by atoms with Crippen LogP contribution in [0, 0.1) is 6.92 Å². The lowest BCUT2D eigenvalue weighted by Gasteiger charge is -2.34. The van der Waals surface area contributed by atoms with Crippen molar-refractivity contribution < 1.29 is 18.0 Å². The molecule has 0 aliphatic carbocycles. The summed E-state index contributed by atoms with van der Waals surface area (Å²) in [5.41, 5.74) is 2.41. The van der Waals surface area contributed by atoms with Crippen LogP contribution in [0.25, 0.3) is 0 Å². The van der Waals surface area contributed by atoms with Crippen molar-refractivity contribution >= 4 is 50.7 Å². The zero-order valence-electron chi connectivity index (χ0n) is 22.4. The lowest BCUT2D eigenvalue weighted by molar-refractivity contribution is -0.140. The van der Waals surface area contributed by atoms with E-state index in [1.54, 1.807) is 43.3 Å². The molecule has 0 spiro atoms. The van der Waals surface area contributed by atoms with Gasteiger partial charge < -0.3 is 10.2 Å². The van der Waals surface area contributed by atoms with E-state index in [2.05, 4.69) is 5.32 Å². The van der Waals surface area contributed by atoms with Gasteiger partial charge in [-0.3, -0.25) is 13.9 Å². The number of sulfonamides is 1. The topological polar surface area (TPSA) is 86.8 Å². The zero-order chi connectivity index (χ0) is 28.7. The van der Waals surface area contributed by atoms with Crippen molar-refractivity contribution in [2.75, 3.05) is 17.1 Å². The summed E-state index contributed by atoms with van der Waals surface area (Å²) in [5, 5.41) is 3.69. The molecule has 0 saturated heterocycles. The molecule has 7 nitrogen and oxygen atoms in total. The summed E-state index contributed by atoms with van der Waals surface area (Å²) in [5.74, 6) is -0.904. The molecule has 2 amide bonds. The maximum atomic E-state index is 14.1. The quantitative estimate of drug-likeness (QED) is 0.331. The second-order valence-corrected chi connectivity index (χ2v) is 12.4. The van der Waals surface area contributed by atoms with E-state index in [0.29, 0.717) is 26.9 Å². The van der Waals surface area contributed by atoms with Crippen LogP contribution in [0.1, 0.15) is 30.5 Å². The Labute approximate surface area is 240 Å². The number of nitrogens with one attached hydrogen (secondary N) is 1. The number of aryl methyl sites for hydroxylation is 1. The molecule has 10 heteroatoms. The van der Waals surface area contributed by atoms with Gasteiger partial charge in [0.2, 0.25) is 21.8 Å². The van der Waals surface area contributed by atoms with Gasteiger partial charge in [-0.25, -0.2) is 8.42 Å². The van der Waals surface area contributed by atoms with Crippen molar-refractivity contribution in [1.82, 2.24) is 10.2 Å². The first-order valence-electron chi connectivity index (χ1n) is 12.5. The van der Waals surface area contributed by atoms with Crippen LogP contribution in [0.2, 0.25) is 10.0 Å². The van der Waals surface area contributed by atoms with Gasteiger partial charge in [0.05, 0.1) is 11.9 Å². The number of amides is 2. The average Bonchev–Trinajstić information content (AvgIpc) is 2.86. The molecular weight excluding hydrogens is 557 g/mol. The van der Waals surface area contributed by atoms with Crippen LogP contribution in [0.15, 0.2) is 72.8 Å². The minimum absolute atomic E-state index is 0.00759. The minimum Gasteiger partial charge on any atom is -0.352 e. The van der Waals surface area contributed by atoms with E-state index in [4.69, 9.17) is 23.2 Å². The van der Waals surface area contributed by atoms with Gasteiger partial charge in [-0.15, -0.1) is 0 Å². The van der Waals surface area contributed by atoms with Gasteiger partial charge >= 0.3 is 0 Å². The van der Waals surface area contributed by atoms with Crippen molar-refractivity contribution in [3.8, 4) is 0 Å². The number of carbonyl (C=O) groups is 2. The molecule has 0 fully saturated rings. The average molecular weight is 591 g/mol. The van der Waals surface area contributed by atoms with Crippen molar-refractivity contribution in [2.24, 2.45) is 0 Å². The van der Waals surface area contributed by atoms with Gasteiger partial charge in [0, 0.05) is 29.1 Å². The fraction of sp³-hybridized carbons (Fsp3) is 0.310. The Morgan fingerprint density at radius 1 is 0.949 bits per heavy atom. The van der Waals surface area contributed by atoms with Crippen LogP contribution in [0.4, 0.5) is 5.69 Å². The summed E-state index contributed by atoms with van der Waals surface area (Å²) in [4.78, 5) is 29.0. The van der Waals surface area contributed by atoms with Gasteiger partial charge in [0.25, 0.3) is 0 Å². The van der Waals surface area contributed by atoms with Crippen LogP contribution < -0.4 is 9.62 Å². The van der Waals surface area contributed by atoms with Gasteiger partial charge in [-0.2, -0.15) is 0 Å². The fourth-order valence-corrected chi connectivity index (χ4v) is 5.45. The van der Waals surface area contributed by atoms with E-state index in [1.807, 2.05) is 44.2 Å². The second kappa shape index (κ2) is 13.3. The Bertz CT molecular complexity index is 1420. The third-order valence-corrected chi connectivity index (χ3v) is 7.85. The number of nitrogens with zero attached hydrogens (tertiary/aromatic N) is 2. The lowest BCUT2D eigenvalue weighted by atomic mass is 10.0. The highest BCUT2D eigenvalue weighted by molar-refractivity contribution is 7.92. The SMILES string of the molecule is Cc1ccc(Cl)cc1N(CC(=O)N(Cc1ccccc1Cl)C(Cc1ccccc1)C(=O)NC(C)C)S(C)(=O)=O. The highest BCUT2D eigenvalue weighted by Gasteiger charge is 2.34. The van der Waals surface area contributed by atoms with Crippen LogP contribution in [0.3, 0.4) is 0 Å². The van der Waals surface area contributed by atoms with E-state index >= 15 is 0 Å². The summed E-state index contributed by atoms with van der Waals surface area (Å²) in [6, 6.07) is 20.2. The van der Waals surface area contributed by atoms with Crippen molar-refractivity contribution in [2.45, 2.75) is 45.8 Å². The summed E-state index contributed by atoms with van der Waals surface area (Å²) in [6.45, 7) is 4.90. The van der Waals surface area contributed by atoms with Crippen molar-refractivity contribution in [3.05, 3.63) is 99.5 Å². The Kier molecular flexibility index (Phi) is 10.4. The molecule has 0 aliphatic heterocycles. The molecule has 3 aromatic carbocycles. The molecule has 1 N–H and O–H groups in total. The van der Waals surface area contributed by atoms with Crippen molar-refractivity contribution in [1.29, 1.82) is 0 Å². The summed E-state index contributed by atoms with van der Waals surface area (Å²) >= 11 is 12.6. The van der Waals surface area contributed by atoms with Crippen molar-refractivity contribution in [3.63, 3.8) is 0 Å². The fourth-order valence-electron chi connectivity index (χ4n) is 4.19. The lowest BCUT2D eigenvalue weighted by Crippen LogP contribution is -2.54. The molecule has 0 bridgehead atoms. The van der Waals surface area contributed by atoms with E-state index in [9.17, 15) is 18.0 Å². The predicted molar refractivity (Wildman–Crippen MR) is 158 cm³/mol. The minimum atomic E-state index is -3.89. The predicted octanol–water partition coefficient (Wildman–Crippen LogP) is 5.23. The summed E-state index contributed by atoms with van der Waals surface area (Å²) in [7, 11) is -3.89. The largest absolute Gasteiger partial charge is 0.352 e. The Balaban J connectivity index is 2.09. The maximum absolute atomic E-state index is 14.1. The molecule has 0 radical (unpaired) electrons. The number of rotatable bonds is 11. The molecule has 1 atom stereocenters. The molecule has 0 heterocycles. The molecule has 39 heavy (non-hydrogen) atoms. The molecule has 208 valence electrons. The number of hydrogen-bond donors (Lipinski definition) is 1. The van der Waals surface area contributed by atoms with Crippen LogP contribution in [0.5, 0.6) is 0 Å². The molecule has 0 aliphatic rings. The third-order valence-electron chi connectivity index (χ3n) is 6.12. The summed E-state index contributed by atoms with van der Waals surface area (Å²) in [6.07, 6.45) is 1.26. The number of carbonyl (C=O) groups excluding carboxylic acids is 2. The van der Waals surface area contributed by atoms with Gasteiger partial charge in [-0.1, -0.05) is 77.8 Å². The molecule has 1 unspecified atom stereocenters. The molecule has 3 rings (SSSR count). The van der Waals surface area contributed by atoms with Crippen LogP contribution in [-0.2, 0) is 32.6 Å². The summed E-state index contributed by atoms with van der Waals surface area (Å²) < 4.78 is 26.9. The highest BCUT2D eigenvalue weighted by Crippen LogP contribution is 2.27. The highest BCUT2D eigenvalue weighted by atomic mass is 35.5. The smallest absolute Gasteiger partial charge is 0.244 e. The van der Waals surface area contributed by atoms with Gasteiger partial charge in [0.15, 0.2) is 0 Å². The Hall–Kier alpha value is -3.07. The third kappa shape index (κ3) is 8.46. The Morgan fingerprint density at radius 2 is 1.59 bits per heavy atom. The zero-order valence-corrected chi connectivity index (χ0v) is 24.7. The van der Waals surface area contributed by atoms with Crippen LogP contribution >= 0.6 is 23.2 Å². The maximum Gasteiger partial charge on any atom is 0.244 e. The monoisotopic (exact) mass is 589 g/mol. The van der Waals surface area contributed by atoms with Gasteiger partial charge in [0.1, 0.15) is 12.6 Å². The number of benzene rings is 3. The number of hydrogen-bond acceptors (Lipinski definition) is 4. The van der Waals surface area contributed by atoms with Crippen LogP contribution in [-0.4, -0.2) is 50.0 Å². The molecule has 3 aromatic rings. The van der Waals surface area contributed by atoms with E-state index in [-0.39, 0.29) is 24.9 Å². The first-order valence-corrected chi connectivity index (χ1v) is 15.1. The van der Waals surface area contributed by atoms with E-state index in [0.717, 1.165) is 16.1 Å². The van der Waals surface area contributed by atoms with Gasteiger partial charge in [-0.05, 0) is 55.7 Å².